The molecule has 1 saturated carbocycles. The minimum atomic E-state index is 0.0344. The molecule has 2 aliphatic heterocycles. The number of hydrogen-bond acceptors (Lipinski definition) is 3. The number of nitrogens with zero attached hydrogens (tertiary/aromatic N) is 2. The lowest BCUT2D eigenvalue weighted by atomic mass is 9.79. The third kappa shape index (κ3) is 4.14. The molecule has 1 aromatic rings. The van der Waals surface area contributed by atoms with Gasteiger partial charge in [0.05, 0.1) is 13.2 Å². The molecule has 0 aromatic heterocycles. The Kier molecular flexibility index (Phi) is 5.98. The highest BCUT2D eigenvalue weighted by Crippen LogP contribution is 2.39. The second-order valence-corrected chi connectivity index (χ2v) is 8.27. The van der Waals surface area contributed by atoms with Gasteiger partial charge in [0.2, 0.25) is 0 Å². The van der Waals surface area contributed by atoms with Crippen LogP contribution in [0.4, 0.5) is 4.79 Å². The second kappa shape index (κ2) is 8.61. The van der Waals surface area contributed by atoms with Crippen LogP contribution in [0.15, 0.2) is 30.3 Å². The van der Waals surface area contributed by atoms with E-state index in [9.17, 15) is 4.79 Å². The highest BCUT2D eigenvalue weighted by molar-refractivity contribution is 5.74. The predicted octanol–water partition coefficient (Wildman–Crippen LogP) is 3.35. The highest BCUT2D eigenvalue weighted by atomic mass is 16.5. The third-order valence-corrected chi connectivity index (χ3v) is 6.74. The lowest BCUT2D eigenvalue weighted by molar-refractivity contribution is -0.0469. The summed E-state index contributed by atoms with van der Waals surface area (Å²) in [5.41, 5.74) is 1.42. The quantitative estimate of drug-likeness (QED) is 0.886. The number of amides is 2. The van der Waals surface area contributed by atoms with E-state index in [1.165, 1.54) is 24.8 Å². The molecule has 0 bridgehead atoms. The monoisotopic (exact) mass is 371 g/mol. The van der Waals surface area contributed by atoms with E-state index in [4.69, 9.17) is 4.74 Å². The van der Waals surface area contributed by atoms with Gasteiger partial charge >= 0.3 is 6.03 Å². The van der Waals surface area contributed by atoms with Crippen LogP contribution in [0.5, 0.6) is 0 Å². The fourth-order valence-corrected chi connectivity index (χ4v) is 5.12. The van der Waals surface area contributed by atoms with Gasteiger partial charge in [-0.05, 0) is 31.2 Å². The number of urea groups is 1. The summed E-state index contributed by atoms with van der Waals surface area (Å²) in [7, 11) is 0. The van der Waals surface area contributed by atoms with Crippen molar-refractivity contribution in [2.24, 2.45) is 0 Å². The average molecular weight is 372 g/mol. The van der Waals surface area contributed by atoms with Crippen LogP contribution in [0.25, 0.3) is 0 Å². The van der Waals surface area contributed by atoms with Crippen molar-refractivity contribution in [1.82, 2.24) is 15.1 Å². The van der Waals surface area contributed by atoms with Crippen LogP contribution in [-0.4, -0.2) is 61.3 Å². The molecule has 1 aliphatic carbocycles. The number of ether oxygens (including phenoxy) is 1. The Morgan fingerprint density at radius 2 is 1.63 bits per heavy atom. The van der Waals surface area contributed by atoms with Crippen LogP contribution < -0.4 is 5.32 Å². The van der Waals surface area contributed by atoms with Crippen molar-refractivity contribution in [2.45, 2.75) is 56.5 Å². The Morgan fingerprint density at radius 1 is 0.963 bits per heavy atom. The number of carbonyl (C=O) groups is 1. The largest absolute Gasteiger partial charge is 0.379 e. The fourth-order valence-electron chi connectivity index (χ4n) is 5.12. The number of carbonyl (C=O) groups excluding carboxylic acids is 1. The number of piperidine rings is 1. The average Bonchev–Trinajstić information content (AvgIpc) is 2.76. The normalized spacial score (nSPS) is 24.5. The summed E-state index contributed by atoms with van der Waals surface area (Å²) >= 11 is 0. The summed E-state index contributed by atoms with van der Waals surface area (Å²) in [4.78, 5) is 17.4. The van der Waals surface area contributed by atoms with Gasteiger partial charge in [0.1, 0.15) is 0 Å². The molecule has 1 N–H and O–H groups in total. The molecule has 5 heteroatoms. The Hall–Kier alpha value is -1.59. The van der Waals surface area contributed by atoms with Crippen LogP contribution in [0.1, 0.15) is 50.5 Å². The van der Waals surface area contributed by atoms with Gasteiger partial charge in [0.25, 0.3) is 0 Å². The minimum absolute atomic E-state index is 0.0344. The predicted molar refractivity (Wildman–Crippen MR) is 107 cm³/mol. The third-order valence-electron chi connectivity index (χ3n) is 6.74. The lowest BCUT2D eigenvalue weighted by Crippen LogP contribution is -2.58. The van der Waals surface area contributed by atoms with Crippen molar-refractivity contribution < 1.29 is 9.53 Å². The van der Waals surface area contributed by atoms with E-state index in [1.54, 1.807) is 0 Å². The molecule has 1 aromatic carbocycles. The molecule has 2 heterocycles. The van der Waals surface area contributed by atoms with Crippen molar-refractivity contribution in [3.05, 3.63) is 35.9 Å². The standard InChI is InChI=1S/C22H33N3O2/c26-21(23-20-9-5-2-6-10-20)24-13-11-22(12-14-24,19-7-3-1-4-8-19)25-15-17-27-18-16-25/h1,3-4,7-8,20H,2,5-6,9-18H2,(H,23,26). The Morgan fingerprint density at radius 3 is 2.30 bits per heavy atom. The maximum Gasteiger partial charge on any atom is 0.317 e. The van der Waals surface area contributed by atoms with Crippen molar-refractivity contribution in [3.63, 3.8) is 0 Å². The van der Waals surface area contributed by atoms with Crippen LogP contribution in [-0.2, 0) is 10.3 Å². The zero-order valence-electron chi connectivity index (χ0n) is 16.4. The maximum atomic E-state index is 12.8. The minimum Gasteiger partial charge on any atom is -0.379 e. The van der Waals surface area contributed by atoms with Gasteiger partial charge in [0, 0.05) is 37.8 Å². The summed E-state index contributed by atoms with van der Waals surface area (Å²) < 4.78 is 5.60. The Bertz CT molecular complexity index is 601. The molecule has 0 spiro atoms. The molecule has 2 amide bonds. The van der Waals surface area contributed by atoms with Gasteiger partial charge in [-0.15, -0.1) is 0 Å². The first-order valence-electron chi connectivity index (χ1n) is 10.7. The Labute approximate surface area is 163 Å². The van der Waals surface area contributed by atoms with Gasteiger partial charge in [-0.3, -0.25) is 4.90 Å². The molecule has 0 atom stereocenters. The van der Waals surface area contributed by atoms with Crippen molar-refractivity contribution in [1.29, 1.82) is 0 Å². The molecule has 4 rings (SSSR count). The van der Waals surface area contributed by atoms with E-state index in [-0.39, 0.29) is 11.6 Å². The first kappa shape index (κ1) is 18.8. The summed E-state index contributed by atoms with van der Waals surface area (Å²) in [6.45, 7) is 5.21. The number of hydrogen-bond donors (Lipinski definition) is 1. The maximum absolute atomic E-state index is 12.8. The smallest absolute Gasteiger partial charge is 0.317 e. The van der Waals surface area contributed by atoms with E-state index in [2.05, 4.69) is 40.5 Å². The van der Waals surface area contributed by atoms with Crippen molar-refractivity contribution >= 4 is 6.03 Å². The van der Waals surface area contributed by atoms with Gasteiger partial charge in [-0.1, -0.05) is 49.6 Å². The van der Waals surface area contributed by atoms with Crippen LogP contribution in [0.3, 0.4) is 0 Å². The molecule has 0 radical (unpaired) electrons. The molecule has 3 fully saturated rings. The fraction of sp³-hybridized carbons (Fsp3) is 0.682. The molecule has 27 heavy (non-hydrogen) atoms. The molecule has 148 valence electrons. The van der Waals surface area contributed by atoms with E-state index in [0.29, 0.717) is 6.04 Å². The first-order chi connectivity index (χ1) is 13.3. The molecular formula is C22H33N3O2. The van der Waals surface area contributed by atoms with Gasteiger partial charge in [-0.25, -0.2) is 4.79 Å². The van der Waals surface area contributed by atoms with Crippen LogP contribution in [0.2, 0.25) is 0 Å². The second-order valence-electron chi connectivity index (χ2n) is 8.27. The van der Waals surface area contributed by atoms with E-state index < -0.39 is 0 Å². The zero-order chi connectivity index (χ0) is 18.5. The van der Waals surface area contributed by atoms with Crippen molar-refractivity contribution in [3.8, 4) is 0 Å². The highest BCUT2D eigenvalue weighted by Gasteiger charge is 2.42. The topological polar surface area (TPSA) is 44.8 Å². The molecular weight excluding hydrogens is 338 g/mol. The van der Waals surface area contributed by atoms with Crippen LogP contribution >= 0.6 is 0 Å². The lowest BCUT2D eigenvalue weighted by Gasteiger charge is -2.50. The van der Waals surface area contributed by atoms with E-state index in [0.717, 1.165) is 65.1 Å². The van der Waals surface area contributed by atoms with Gasteiger partial charge in [0.15, 0.2) is 0 Å². The number of nitrogens with one attached hydrogen (secondary N) is 1. The summed E-state index contributed by atoms with van der Waals surface area (Å²) in [5.74, 6) is 0. The molecule has 2 saturated heterocycles. The number of morpholine rings is 1. The number of rotatable bonds is 3. The molecule has 3 aliphatic rings. The summed E-state index contributed by atoms with van der Waals surface area (Å²) in [6.07, 6.45) is 8.08. The first-order valence-corrected chi connectivity index (χ1v) is 10.7. The van der Waals surface area contributed by atoms with E-state index >= 15 is 0 Å². The Balaban J connectivity index is 1.43. The van der Waals surface area contributed by atoms with E-state index in [1.807, 2.05) is 4.90 Å². The number of likely N-dealkylation sites (tertiary alicyclic amines) is 1. The van der Waals surface area contributed by atoms with Crippen LogP contribution in [0, 0.1) is 0 Å². The summed E-state index contributed by atoms with van der Waals surface area (Å²) in [6, 6.07) is 11.4. The summed E-state index contributed by atoms with van der Waals surface area (Å²) in [5, 5.41) is 3.29. The van der Waals surface area contributed by atoms with Gasteiger partial charge < -0.3 is 15.0 Å². The molecule has 0 unspecified atom stereocenters. The van der Waals surface area contributed by atoms with Gasteiger partial charge in [-0.2, -0.15) is 0 Å². The zero-order valence-corrected chi connectivity index (χ0v) is 16.4. The molecule has 5 nitrogen and oxygen atoms in total. The van der Waals surface area contributed by atoms with Crippen molar-refractivity contribution in [2.75, 3.05) is 39.4 Å². The number of benzene rings is 1. The SMILES string of the molecule is O=C(NC1CCCCC1)N1CCC(c2ccccc2)(N2CCOCC2)CC1.